The zero-order valence-electron chi connectivity index (χ0n) is 17.4. The Bertz CT molecular complexity index is 1070. The maximum Gasteiger partial charge on any atom is 0.326 e. The highest BCUT2D eigenvalue weighted by Gasteiger charge is 2.24. The van der Waals surface area contributed by atoms with Crippen LogP contribution in [0.5, 0.6) is 0 Å². The van der Waals surface area contributed by atoms with Crippen LogP contribution in [-0.4, -0.2) is 47.1 Å². The lowest BCUT2D eigenvalue weighted by Crippen LogP contribution is -2.41. The van der Waals surface area contributed by atoms with E-state index in [4.69, 9.17) is 34.3 Å². The van der Waals surface area contributed by atoms with Gasteiger partial charge in [0.25, 0.3) is 11.8 Å². The number of rotatable bonds is 11. The summed E-state index contributed by atoms with van der Waals surface area (Å²) in [6.07, 6.45) is -0.189. The summed E-state index contributed by atoms with van der Waals surface area (Å²) in [5.41, 5.74) is 6.29. The number of carbonyl (C=O) groups is 4. The molecular formula is C22H22Cl2N4O5. The second kappa shape index (κ2) is 12.0. The molecule has 11 heteroatoms. The van der Waals surface area contributed by atoms with Crippen molar-refractivity contribution in [3.63, 3.8) is 0 Å². The normalized spacial score (nSPS) is 11.3. The molecule has 0 saturated carbocycles. The number of benzene rings is 2. The van der Waals surface area contributed by atoms with Crippen molar-refractivity contribution in [3.8, 4) is 0 Å². The topological polar surface area (TPSA) is 162 Å². The van der Waals surface area contributed by atoms with E-state index in [-0.39, 0.29) is 47.3 Å². The smallest absolute Gasteiger partial charge is 0.326 e. The third kappa shape index (κ3) is 7.89. The van der Waals surface area contributed by atoms with Crippen molar-refractivity contribution in [3.05, 3.63) is 69.2 Å². The molecule has 0 bridgehead atoms. The Labute approximate surface area is 199 Å². The van der Waals surface area contributed by atoms with Gasteiger partial charge in [-0.15, -0.1) is 0 Å². The fourth-order valence-electron chi connectivity index (χ4n) is 2.92. The quantitative estimate of drug-likeness (QED) is 0.239. The van der Waals surface area contributed by atoms with Crippen LogP contribution in [0, 0.1) is 5.41 Å². The van der Waals surface area contributed by atoms with Crippen molar-refractivity contribution >= 4 is 52.6 Å². The van der Waals surface area contributed by atoms with E-state index in [0.29, 0.717) is 11.1 Å². The lowest BCUT2D eigenvalue weighted by Gasteiger charge is -2.15. The van der Waals surface area contributed by atoms with Gasteiger partial charge < -0.3 is 21.5 Å². The summed E-state index contributed by atoms with van der Waals surface area (Å²) >= 11 is 11.9. The van der Waals surface area contributed by atoms with Gasteiger partial charge in [0.15, 0.2) is 5.78 Å². The number of carboxylic acids is 1. The number of ketones is 1. The van der Waals surface area contributed by atoms with Gasteiger partial charge in [-0.25, -0.2) is 4.79 Å². The molecule has 2 rings (SSSR count). The number of nitrogens with one attached hydrogen (secondary N) is 3. The fourth-order valence-corrected chi connectivity index (χ4v) is 3.49. The minimum absolute atomic E-state index is 0.0420. The summed E-state index contributed by atoms with van der Waals surface area (Å²) in [5, 5.41) is 21.6. The Morgan fingerprint density at radius 2 is 1.67 bits per heavy atom. The van der Waals surface area contributed by atoms with Gasteiger partial charge in [0, 0.05) is 18.4 Å². The second-order valence-corrected chi connectivity index (χ2v) is 7.94. The zero-order chi connectivity index (χ0) is 24.5. The molecule has 2 aromatic rings. The maximum absolute atomic E-state index is 12.4. The first-order chi connectivity index (χ1) is 15.6. The number of amides is 2. The monoisotopic (exact) mass is 492 g/mol. The molecule has 0 saturated heterocycles. The number of nitrogens with two attached hydrogens (primary N) is 1. The summed E-state index contributed by atoms with van der Waals surface area (Å²) in [7, 11) is 0. The van der Waals surface area contributed by atoms with Crippen LogP contribution >= 0.6 is 23.2 Å². The van der Waals surface area contributed by atoms with Gasteiger partial charge in [-0.2, -0.15) is 0 Å². The Hall–Kier alpha value is -3.43. The van der Waals surface area contributed by atoms with Crippen LogP contribution in [0.3, 0.4) is 0 Å². The Balaban J connectivity index is 1.90. The maximum atomic E-state index is 12.4. The Morgan fingerprint density at radius 1 is 1.03 bits per heavy atom. The Morgan fingerprint density at radius 3 is 2.27 bits per heavy atom. The molecule has 33 heavy (non-hydrogen) atoms. The van der Waals surface area contributed by atoms with Crippen molar-refractivity contribution in [1.82, 2.24) is 10.6 Å². The summed E-state index contributed by atoms with van der Waals surface area (Å²) in [5.74, 6) is -3.06. The minimum atomic E-state index is -1.35. The summed E-state index contributed by atoms with van der Waals surface area (Å²) in [6, 6.07) is 9.56. The molecule has 1 atom stereocenters. The molecule has 9 nitrogen and oxygen atoms in total. The van der Waals surface area contributed by atoms with Crippen LogP contribution in [0.2, 0.25) is 10.0 Å². The van der Waals surface area contributed by atoms with Gasteiger partial charge in [0.05, 0.1) is 28.0 Å². The summed E-state index contributed by atoms with van der Waals surface area (Å²) < 4.78 is 0. The molecule has 0 aliphatic heterocycles. The molecular weight excluding hydrogens is 471 g/mol. The van der Waals surface area contributed by atoms with E-state index < -0.39 is 29.6 Å². The lowest BCUT2D eigenvalue weighted by molar-refractivity contribution is -0.139. The van der Waals surface area contributed by atoms with Crippen LogP contribution in [0.1, 0.15) is 39.1 Å². The van der Waals surface area contributed by atoms with Gasteiger partial charge in [-0.3, -0.25) is 19.8 Å². The van der Waals surface area contributed by atoms with E-state index in [1.54, 1.807) is 30.3 Å². The van der Waals surface area contributed by atoms with Crippen molar-refractivity contribution in [1.29, 1.82) is 5.41 Å². The number of carboxylic acid groups (broad SMARTS) is 1. The molecule has 0 aliphatic carbocycles. The van der Waals surface area contributed by atoms with Crippen molar-refractivity contribution < 1.29 is 24.3 Å². The number of aliphatic carboxylic acids is 1. The predicted octanol–water partition coefficient (Wildman–Crippen LogP) is 2.43. The molecule has 174 valence electrons. The van der Waals surface area contributed by atoms with Gasteiger partial charge in [-0.1, -0.05) is 41.4 Å². The van der Waals surface area contributed by atoms with Crippen LogP contribution in [-0.2, 0) is 16.0 Å². The number of halogens is 2. The predicted molar refractivity (Wildman–Crippen MR) is 124 cm³/mol. The number of hydrogen-bond donors (Lipinski definition) is 5. The molecule has 0 fully saturated rings. The first-order valence-corrected chi connectivity index (χ1v) is 10.5. The standard InChI is InChI=1S/C22H22Cl2N4O5/c23-15-5-2-6-16(24)19(15)21(31)28-17(22(32)33)8-7-14(29)11-27-20(30)13-4-1-3-12(9-13)10-18(25)26/h1-6,9,17H,7-8,10-11H2,(H3,25,26)(H,27,30)(H,28,31)(H,32,33)/t17-/m0/s1. The van der Waals surface area contributed by atoms with E-state index >= 15 is 0 Å². The number of hydrogen-bond acceptors (Lipinski definition) is 5. The van der Waals surface area contributed by atoms with Crippen LogP contribution in [0.4, 0.5) is 0 Å². The van der Waals surface area contributed by atoms with E-state index in [0.717, 1.165) is 0 Å². The highest BCUT2D eigenvalue weighted by atomic mass is 35.5. The third-order valence-electron chi connectivity index (χ3n) is 4.53. The molecule has 0 unspecified atom stereocenters. The van der Waals surface area contributed by atoms with Crippen LogP contribution in [0.25, 0.3) is 0 Å². The zero-order valence-corrected chi connectivity index (χ0v) is 18.9. The molecule has 0 aromatic heterocycles. The molecule has 0 radical (unpaired) electrons. The molecule has 6 N–H and O–H groups in total. The van der Waals surface area contributed by atoms with E-state index in [9.17, 15) is 24.3 Å². The number of amidine groups is 1. The molecule has 2 amide bonds. The highest BCUT2D eigenvalue weighted by molar-refractivity contribution is 6.39. The van der Waals surface area contributed by atoms with E-state index in [1.807, 2.05) is 0 Å². The van der Waals surface area contributed by atoms with E-state index in [2.05, 4.69) is 10.6 Å². The van der Waals surface area contributed by atoms with E-state index in [1.165, 1.54) is 12.1 Å². The molecule has 0 aliphatic rings. The van der Waals surface area contributed by atoms with Crippen molar-refractivity contribution in [2.45, 2.75) is 25.3 Å². The van der Waals surface area contributed by atoms with Crippen LogP contribution < -0.4 is 16.4 Å². The lowest BCUT2D eigenvalue weighted by atomic mass is 10.1. The fraction of sp³-hybridized carbons (Fsp3) is 0.227. The third-order valence-corrected chi connectivity index (χ3v) is 5.16. The molecule has 0 spiro atoms. The highest BCUT2D eigenvalue weighted by Crippen LogP contribution is 2.24. The first-order valence-electron chi connectivity index (χ1n) is 9.78. The molecule has 2 aromatic carbocycles. The van der Waals surface area contributed by atoms with Gasteiger partial charge in [0.1, 0.15) is 6.04 Å². The second-order valence-electron chi connectivity index (χ2n) is 7.12. The SMILES string of the molecule is N=C(N)Cc1cccc(C(=O)NCC(=O)CC[C@H](NC(=O)c2c(Cl)cccc2Cl)C(=O)O)c1. The van der Waals surface area contributed by atoms with Gasteiger partial charge >= 0.3 is 5.97 Å². The average Bonchev–Trinajstić information content (AvgIpc) is 2.74. The first kappa shape index (κ1) is 25.8. The van der Waals surface area contributed by atoms with Gasteiger partial charge in [0.2, 0.25) is 0 Å². The number of Topliss-reactive ketones (excluding diaryl/α,β-unsaturated/α-hetero) is 1. The summed E-state index contributed by atoms with van der Waals surface area (Å²) in [4.78, 5) is 48.4. The number of carbonyl (C=O) groups excluding carboxylic acids is 3. The average molecular weight is 493 g/mol. The minimum Gasteiger partial charge on any atom is -0.480 e. The summed E-state index contributed by atoms with van der Waals surface area (Å²) in [6.45, 7) is -0.313. The largest absolute Gasteiger partial charge is 0.480 e. The van der Waals surface area contributed by atoms with Crippen molar-refractivity contribution in [2.24, 2.45) is 5.73 Å². The Kier molecular flexibility index (Phi) is 9.38. The van der Waals surface area contributed by atoms with Gasteiger partial charge in [-0.05, 0) is 36.2 Å². The molecule has 0 heterocycles. The van der Waals surface area contributed by atoms with Crippen LogP contribution in [0.15, 0.2) is 42.5 Å². The van der Waals surface area contributed by atoms with Crippen molar-refractivity contribution in [2.75, 3.05) is 6.54 Å².